The van der Waals surface area contributed by atoms with Crippen molar-refractivity contribution >= 4 is 40.0 Å². The first kappa shape index (κ1) is 18.2. The number of aromatic nitrogens is 1. The fourth-order valence-corrected chi connectivity index (χ4v) is 4.05. The Bertz CT molecular complexity index is 1050. The molecular weight excluding hydrogens is 386 g/mol. The largest absolute Gasteiger partial charge is 0.348 e. The molecule has 138 valence electrons. The van der Waals surface area contributed by atoms with Gasteiger partial charge in [0.05, 0.1) is 10.5 Å². The molecule has 0 spiro atoms. The van der Waals surface area contributed by atoms with Gasteiger partial charge in [-0.15, -0.1) is 0 Å². The van der Waals surface area contributed by atoms with Crippen LogP contribution in [0.3, 0.4) is 0 Å². The summed E-state index contributed by atoms with van der Waals surface area (Å²) in [7, 11) is 0. The number of halogens is 3. The van der Waals surface area contributed by atoms with E-state index in [0.29, 0.717) is 11.1 Å². The second-order valence-electron chi connectivity index (χ2n) is 6.71. The monoisotopic (exact) mass is 402 g/mol. The molecule has 1 aliphatic rings. The van der Waals surface area contributed by atoms with Gasteiger partial charge in [-0.3, -0.25) is 9.78 Å². The zero-order valence-corrected chi connectivity index (χ0v) is 16.0. The molecule has 0 atom stereocenters. The number of nitrogens with zero attached hydrogens (tertiary/aromatic N) is 1. The molecule has 0 fully saturated rings. The highest BCUT2D eigenvalue weighted by Gasteiger charge is 2.18. The van der Waals surface area contributed by atoms with Crippen LogP contribution < -0.4 is 5.32 Å². The molecular formula is C21H17Cl2FN2O. The SMILES string of the molecule is O=C(NCc1ccc(F)cc1Cl)c1ccc2c(Cl)c3c(nc2c1)CCCC3. The molecule has 6 heteroatoms. The lowest BCUT2D eigenvalue weighted by Crippen LogP contribution is -2.23. The number of aryl methyl sites for hydroxylation is 1. The molecule has 2 aromatic carbocycles. The summed E-state index contributed by atoms with van der Waals surface area (Å²) in [4.78, 5) is 17.3. The van der Waals surface area contributed by atoms with Crippen LogP contribution in [0.5, 0.6) is 0 Å². The molecule has 1 N–H and O–H groups in total. The maximum Gasteiger partial charge on any atom is 0.251 e. The quantitative estimate of drug-likeness (QED) is 0.629. The van der Waals surface area contributed by atoms with Crippen LogP contribution in [0.4, 0.5) is 4.39 Å². The Morgan fingerprint density at radius 3 is 2.74 bits per heavy atom. The van der Waals surface area contributed by atoms with Gasteiger partial charge in [0, 0.05) is 28.2 Å². The van der Waals surface area contributed by atoms with Crippen LogP contribution in [-0.2, 0) is 19.4 Å². The number of pyridine rings is 1. The van der Waals surface area contributed by atoms with E-state index in [4.69, 9.17) is 28.2 Å². The number of amides is 1. The third kappa shape index (κ3) is 3.64. The van der Waals surface area contributed by atoms with E-state index in [9.17, 15) is 9.18 Å². The molecule has 1 amide bonds. The van der Waals surface area contributed by atoms with Gasteiger partial charge in [-0.2, -0.15) is 0 Å². The highest BCUT2D eigenvalue weighted by molar-refractivity contribution is 6.36. The van der Waals surface area contributed by atoms with Gasteiger partial charge in [-0.05, 0) is 61.1 Å². The first-order chi connectivity index (χ1) is 13.0. The minimum atomic E-state index is -0.407. The summed E-state index contributed by atoms with van der Waals surface area (Å²) in [5, 5.41) is 4.72. The first-order valence-electron chi connectivity index (χ1n) is 8.86. The molecule has 0 unspecified atom stereocenters. The van der Waals surface area contributed by atoms with E-state index < -0.39 is 5.82 Å². The fraction of sp³-hybridized carbons (Fsp3) is 0.238. The van der Waals surface area contributed by atoms with Crippen molar-refractivity contribution in [3.63, 3.8) is 0 Å². The summed E-state index contributed by atoms with van der Waals surface area (Å²) in [6.45, 7) is 0.217. The van der Waals surface area contributed by atoms with Crippen LogP contribution in [0.1, 0.15) is 40.0 Å². The smallest absolute Gasteiger partial charge is 0.251 e. The fourth-order valence-electron chi connectivity index (χ4n) is 3.45. The molecule has 0 radical (unpaired) electrons. The lowest BCUT2D eigenvalue weighted by atomic mass is 9.94. The molecule has 1 aromatic heterocycles. The van der Waals surface area contributed by atoms with E-state index in [-0.39, 0.29) is 17.5 Å². The van der Waals surface area contributed by atoms with Crippen LogP contribution in [0, 0.1) is 5.82 Å². The number of benzene rings is 2. The predicted octanol–water partition coefficient (Wildman–Crippen LogP) is 5.49. The summed E-state index contributed by atoms with van der Waals surface area (Å²) >= 11 is 12.6. The van der Waals surface area contributed by atoms with Crippen molar-refractivity contribution in [2.24, 2.45) is 0 Å². The molecule has 0 aliphatic heterocycles. The minimum absolute atomic E-state index is 0.217. The highest BCUT2D eigenvalue weighted by Crippen LogP contribution is 2.33. The van der Waals surface area contributed by atoms with Crippen molar-refractivity contribution in [2.75, 3.05) is 0 Å². The second kappa shape index (κ2) is 7.45. The normalized spacial score (nSPS) is 13.4. The zero-order chi connectivity index (χ0) is 19.0. The van der Waals surface area contributed by atoms with Gasteiger partial charge >= 0.3 is 0 Å². The third-order valence-electron chi connectivity index (χ3n) is 4.91. The standard InChI is InChI=1S/C21H17Cl2FN2O/c22-17-10-14(24)7-5-13(17)11-25-21(27)12-6-8-16-19(9-12)26-18-4-2-1-3-15(18)20(16)23/h5-10H,1-4,11H2,(H,25,27). The van der Waals surface area contributed by atoms with Crippen LogP contribution in [0.15, 0.2) is 36.4 Å². The Labute approximate surface area is 166 Å². The van der Waals surface area contributed by atoms with Crippen molar-refractivity contribution in [1.29, 1.82) is 0 Å². The first-order valence-corrected chi connectivity index (χ1v) is 9.61. The Morgan fingerprint density at radius 2 is 1.93 bits per heavy atom. The Hall–Kier alpha value is -2.17. The number of hydrogen-bond donors (Lipinski definition) is 1. The number of hydrogen-bond acceptors (Lipinski definition) is 2. The van der Waals surface area contributed by atoms with E-state index >= 15 is 0 Å². The molecule has 27 heavy (non-hydrogen) atoms. The summed E-state index contributed by atoms with van der Waals surface area (Å²) in [6, 6.07) is 9.46. The summed E-state index contributed by atoms with van der Waals surface area (Å²) in [5.41, 5.74) is 4.06. The number of fused-ring (bicyclic) bond motifs is 2. The summed E-state index contributed by atoms with van der Waals surface area (Å²) < 4.78 is 13.1. The van der Waals surface area contributed by atoms with E-state index in [1.807, 2.05) is 6.07 Å². The number of carbonyl (C=O) groups is 1. The molecule has 3 aromatic rings. The average molecular weight is 403 g/mol. The lowest BCUT2D eigenvalue weighted by Gasteiger charge is -2.18. The zero-order valence-electron chi connectivity index (χ0n) is 14.5. The molecule has 1 heterocycles. The molecule has 0 saturated heterocycles. The molecule has 1 aliphatic carbocycles. The predicted molar refractivity (Wildman–Crippen MR) is 106 cm³/mol. The number of carbonyl (C=O) groups excluding carboxylic acids is 1. The van der Waals surface area contributed by atoms with E-state index in [0.717, 1.165) is 52.9 Å². The topological polar surface area (TPSA) is 42.0 Å². The maximum atomic E-state index is 13.1. The van der Waals surface area contributed by atoms with E-state index in [2.05, 4.69) is 5.32 Å². The van der Waals surface area contributed by atoms with Gasteiger partial charge < -0.3 is 5.32 Å². The molecule has 0 bridgehead atoms. The van der Waals surface area contributed by atoms with Gasteiger partial charge in [0.1, 0.15) is 5.82 Å². The average Bonchev–Trinajstić information content (AvgIpc) is 2.67. The second-order valence-corrected chi connectivity index (χ2v) is 7.49. The summed E-state index contributed by atoms with van der Waals surface area (Å²) in [6.07, 6.45) is 4.12. The van der Waals surface area contributed by atoms with Crippen molar-refractivity contribution in [3.05, 3.63) is 74.6 Å². The molecule has 3 nitrogen and oxygen atoms in total. The van der Waals surface area contributed by atoms with E-state index in [1.54, 1.807) is 18.2 Å². The van der Waals surface area contributed by atoms with Crippen molar-refractivity contribution < 1.29 is 9.18 Å². The van der Waals surface area contributed by atoms with Crippen molar-refractivity contribution in [2.45, 2.75) is 32.2 Å². The lowest BCUT2D eigenvalue weighted by molar-refractivity contribution is 0.0951. The van der Waals surface area contributed by atoms with Gasteiger partial charge in [0.15, 0.2) is 0 Å². The van der Waals surface area contributed by atoms with Crippen molar-refractivity contribution in [1.82, 2.24) is 10.3 Å². The van der Waals surface area contributed by atoms with Gasteiger partial charge in [-0.1, -0.05) is 35.3 Å². The Morgan fingerprint density at radius 1 is 1.11 bits per heavy atom. The molecule has 4 rings (SSSR count). The third-order valence-corrected chi connectivity index (χ3v) is 5.69. The minimum Gasteiger partial charge on any atom is -0.348 e. The number of rotatable bonds is 3. The van der Waals surface area contributed by atoms with Crippen LogP contribution >= 0.6 is 23.2 Å². The van der Waals surface area contributed by atoms with Crippen molar-refractivity contribution in [3.8, 4) is 0 Å². The summed E-state index contributed by atoms with van der Waals surface area (Å²) in [5.74, 6) is -0.649. The van der Waals surface area contributed by atoms with Crippen LogP contribution in [0.25, 0.3) is 10.9 Å². The Kier molecular flexibility index (Phi) is 5.02. The molecule has 0 saturated carbocycles. The maximum absolute atomic E-state index is 13.1. The van der Waals surface area contributed by atoms with Gasteiger partial charge in [-0.25, -0.2) is 4.39 Å². The van der Waals surface area contributed by atoms with E-state index in [1.165, 1.54) is 12.1 Å². The van der Waals surface area contributed by atoms with Crippen LogP contribution in [-0.4, -0.2) is 10.9 Å². The van der Waals surface area contributed by atoms with Gasteiger partial charge in [0.2, 0.25) is 0 Å². The number of nitrogens with one attached hydrogen (secondary N) is 1. The Balaban J connectivity index is 1.58. The highest BCUT2D eigenvalue weighted by atomic mass is 35.5. The van der Waals surface area contributed by atoms with Gasteiger partial charge in [0.25, 0.3) is 5.91 Å². The van der Waals surface area contributed by atoms with Crippen LogP contribution in [0.2, 0.25) is 10.0 Å².